The number of halogens is 1. The number of fused-ring (bicyclic) bond motifs is 1. The Morgan fingerprint density at radius 2 is 1.91 bits per heavy atom. The molecular formula is C25H26ClN5O2. The maximum atomic E-state index is 13.3. The molecule has 8 heteroatoms. The number of amides is 2. The van der Waals surface area contributed by atoms with Gasteiger partial charge < -0.3 is 10.6 Å². The van der Waals surface area contributed by atoms with Crippen molar-refractivity contribution < 1.29 is 9.59 Å². The van der Waals surface area contributed by atoms with Crippen molar-refractivity contribution in [3.8, 4) is 6.07 Å². The molecule has 1 aromatic heterocycles. The zero-order chi connectivity index (χ0) is 23.8. The normalized spacial score (nSPS) is 14.5. The van der Waals surface area contributed by atoms with Crippen LogP contribution in [0.2, 0.25) is 5.02 Å². The molecule has 0 saturated heterocycles. The Kier molecular flexibility index (Phi) is 6.13. The summed E-state index contributed by atoms with van der Waals surface area (Å²) in [5, 5.41) is 20.6. The third kappa shape index (κ3) is 5.18. The van der Waals surface area contributed by atoms with Crippen LogP contribution in [-0.4, -0.2) is 33.7 Å². The van der Waals surface area contributed by atoms with Gasteiger partial charge in [0.2, 0.25) is 5.91 Å². The minimum Gasteiger partial charge on any atom is -0.352 e. The zero-order valence-corrected chi connectivity index (χ0v) is 19.6. The number of nitrogens with zero attached hydrogens (tertiary/aromatic N) is 3. The zero-order valence-electron chi connectivity index (χ0n) is 18.9. The molecule has 2 N–H and O–H groups in total. The lowest BCUT2D eigenvalue weighted by Gasteiger charge is -2.30. The van der Waals surface area contributed by atoms with Crippen LogP contribution in [0.4, 0.5) is 0 Å². The number of rotatable bonds is 6. The van der Waals surface area contributed by atoms with E-state index in [0.29, 0.717) is 22.5 Å². The van der Waals surface area contributed by atoms with Gasteiger partial charge in [0, 0.05) is 16.5 Å². The van der Waals surface area contributed by atoms with Gasteiger partial charge in [0.15, 0.2) is 5.69 Å². The van der Waals surface area contributed by atoms with Crippen molar-refractivity contribution in [2.45, 2.75) is 52.2 Å². The summed E-state index contributed by atoms with van der Waals surface area (Å²) in [7, 11) is 0. The van der Waals surface area contributed by atoms with E-state index in [1.54, 1.807) is 28.9 Å². The van der Waals surface area contributed by atoms with E-state index in [0.717, 1.165) is 23.9 Å². The monoisotopic (exact) mass is 463 g/mol. The van der Waals surface area contributed by atoms with Gasteiger partial charge in [-0.05, 0) is 54.2 Å². The first-order chi connectivity index (χ1) is 15.7. The van der Waals surface area contributed by atoms with Crippen LogP contribution in [0.1, 0.15) is 55.2 Å². The number of hydrogen-bond donors (Lipinski definition) is 2. The van der Waals surface area contributed by atoms with Gasteiger partial charge in [0.25, 0.3) is 5.91 Å². The summed E-state index contributed by atoms with van der Waals surface area (Å²) in [6, 6.07) is 14.1. The van der Waals surface area contributed by atoms with E-state index in [9.17, 15) is 9.59 Å². The van der Waals surface area contributed by atoms with E-state index >= 15 is 0 Å². The Morgan fingerprint density at radius 3 is 2.52 bits per heavy atom. The number of nitriles is 1. The highest BCUT2D eigenvalue weighted by Crippen LogP contribution is 2.26. The van der Waals surface area contributed by atoms with Crippen molar-refractivity contribution in [3.05, 3.63) is 64.3 Å². The van der Waals surface area contributed by atoms with Crippen LogP contribution in [0.25, 0.3) is 10.9 Å². The Labute approximate surface area is 197 Å². The molecule has 1 saturated carbocycles. The Bertz CT molecular complexity index is 1250. The Morgan fingerprint density at radius 1 is 1.21 bits per heavy atom. The molecule has 170 valence electrons. The van der Waals surface area contributed by atoms with Crippen LogP contribution in [0, 0.1) is 16.7 Å². The highest BCUT2D eigenvalue weighted by molar-refractivity contribution is 6.31. The van der Waals surface area contributed by atoms with Crippen LogP contribution in [0.3, 0.4) is 0 Å². The van der Waals surface area contributed by atoms with Gasteiger partial charge in [-0.2, -0.15) is 10.4 Å². The molecule has 4 rings (SSSR count). The molecule has 2 aromatic carbocycles. The van der Waals surface area contributed by atoms with Crippen molar-refractivity contribution in [2.24, 2.45) is 5.41 Å². The van der Waals surface area contributed by atoms with Crippen molar-refractivity contribution in [1.29, 1.82) is 5.26 Å². The molecule has 33 heavy (non-hydrogen) atoms. The first-order valence-corrected chi connectivity index (χ1v) is 11.3. The lowest BCUT2D eigenvalue weighted by molar-refractivity contribution is -0.125. The lowest BCUT2D eigenvalue weighted by Crippen LogP contribution is -2.54. The number of aromatic nitrogens is 2. The molecule has 1 atom stereocenters. The van der Waals surface area contributed by atoms with Gasteiger partial charge in [-0.25, -0.2) is 0 Å². The molecule has 1 aliphatic carbocycles. The number of hydrogen-bond acceptors (Lipinski definition) is 4. The topological polar surface area (TPSA) is 99.8 Å². The van der Waals surface area contributed by atoms with Crippen LogP contribution in [-0.2, 0) is 11.3 Å². The molecular weight excluding hydrogens is 438 g/mol. The predicted octanol–water partition coefficient (Wildman–Crippen LogP) is 4.03. The summed E-state index contributed by atoms with van der Waals surface area (Å²) < 4.78 is 1.73. The average molecular weight is 464 g/mol. The van der Waals surface area contributed by atoms with E-state index in [2.05, 4.69) is 21.8 Å². The van der Waals surface area contributed by atoms with E-state index in [4.69, 9.17) is 16.9 Å². The molecule has 0 radical (unpaired) electrons. The second-order valence-electron chi connectivity index (χ2n) is 9.53. The van der Waals surface area contributed by atoms with Crippen LogP contribution in [0.15, 0.2) is 42.5 Å². The average Bonchev–Trinajstić information content (AvgIpc) is 3.51. The molecule has 1 aliphatic rings. The molecule has 1 fully saturated rings. The lowest BCUT2D eigenvalue weighted by atomic mass is 9.86. The third-order valence-electron chi connectivity index (χ3n) is 5.67. The Hall–Kier alpha value is -3.37. The molecule has 0 unspecified atom stereocenters. The van der Waals surface area contributed by atoms with Gasteiger partial charge >= 0.3 is 0 Å². The molecule has 0 spiro atoms. The first-order valence-electron chi connectivity index (χ1n) is 10.9. The first kappa shape index (κ1) is 22.8. The van der Waals surface area contributed by atoms with E-state index in [1.165, 1.54) is 0 Å². The number of nitrogens with one attached hydrogen (secondary N) is 2. The maximum Gasteiger partial charge on any atom is 0.273 e. The highest BCUT2D eigenvalue weighted by Gasteiger charge is 2.36. The van der Waals surface area contributed by atoms with Crippen molar-refractivity contribution in [2.75, 3.05) is 0 Å². The second-order valence-corrected chi connectivity index (χ2v) is 9.97. The second kappa shape index (κ2) is 8.87. The predicted molar refractivity (Wildman–Crippen MR) is 127 cm³/mol. The molecule has 3 aromatic rings. The summed E-state index contributed by atoms with van der Waals surface area (Å²) in [6.07, 6.45) is 1.94. The van der Waals surface area contributed by atoms with Crippen LogP contribution < -0.4 is 10.6 Å². The smallest absolute Gasteiger partial charge is 0.273 e. The molecule has 0 aliphatic heterocycles. The van der Waals surface area contributed by atoms with Crippen molar-refractivity contribution in [1.82, 2.24) is 20.4 Å². The quantitative estimate of drug-likeness (QED) is 0.576. The fraction of sp³-hybridized carbons (Fsp3) is 0.360. The third-order valence-corrected chi connectivity index (χ3v) is 5.91. The fourth-order valence-corrected chi connectivity index (χ4v) is 3.86. The highest BCUT2D eigenvalue weighted by atomic mass is 35.5. The van der Waals surface area contributed by atoms with Gasteiger partial charge in [0.1, 0.15) is 6.04 Å². The minimum atomic E-state index is -0.705. The number of carbonyl (C=O) groups excluding carboxylic acids is 2. The standard InChI is InChI=1S/C25H26ClN5O2/c1-25(2,3)22(24(33)28-18-9-10-18)29-23(32)21-19-12-17(26)8-11-20(19)31(30-21)14-16-6-4-15(13-27)5-7-16/h4-8,11-12,18,22H,9-10,14H2,1-3H3,(H,28,33)(H,29,32)/t22-/m1/s1. The SMILES string of the molecule is CC(C)(C)[C@H](NC(=O)c1nn(Cc2ccc(C#N)cc2)c2ccc(Cl)cc12)C(=O)NC1CC1. The van der Waals surface area contributed by atoms with Gasteiger partial charge in [0.05, 0.1) is 23.7 Å². The number of carbonyl (C=O) groups is 2. The maximum absolute atomic E-state index is 13.3. The van der Waals surface area contributed by atoms with Gasteiger partial charge in [-0.1, -0.05) is 44.5 Å². The van der Waals surface area contributed by atoms with Crippen molar-refractivity contribution in [3.63, 3.8) is 0 Å². The molecule has 7 nitrogen and oxygen atoms in total. The van der Waals surface area contributed by atoms with Crippen LogP contribution in [0.5, 0.6) is 0 Å². The van der Waals surface area contributed by atoms with Crippen molar-refractivity contribution >= 4 is 34.3 Å². The van der Waals surface area contributed by atoms with E-state index < -0.39 is 17.4 Å². The summed E-state index contributed by atoms with van der Waals surface area (Å²) in [6.45, 7) is 6.18. The molecule has 2 amide bonds. The minimum absolute atomic E-state index is 0.183. The summed E-state index contributed by atoms with van der Waals surface area (Å²) in [5.41, 5.74) is 2.01. The van der Waals surface area contributed by atoms with E-state index in [1.807, 2.05) is 39.0 Å². The summed E-state index contributed by atoms with van der Waals surface area (Å²) in [4.78, 5) is 26.2. The molecule has 0 bridgehead atoms. The summed E-state index contributed by atoms with van der Waals surface area (Å²) >= 11 is 6.23. The van der Waals surface area contributed by atoms with E-state index in [-0.39, 0.29) is 17.6 Å². The van der Waals surface area contributed by atoms with Gasteiger partial charge in [-0.15, -0.1) is 0 Å². The summed E-state index contributed by atoms with van der Waals surface area (Å²) in [5.74, 6) is -0.607. The van der Waals surface area contributed by atoms with Gasteiger partial charge in [-0.3, -0.25) is 14.3 Å². The molecule has 1 heterocycles. The van der Waals surface area contributed by atoms with Crippen LogP contribution >= 0.6 is 11.6 Å². The fourth-order valence-electron chi connectivity index (χ4n) is 3.68. The number of benzene rings is 2. The largest absolute Gasteiger partial charge is 0.352 e. The Balaban J connectivity index is 1.65.